The fraction of sp³-hybridized carbons (Fsp3) is 0.273. The number of thioether (sulfide) groups is 1. The molecule has 0 N–H and O–H groups in total. The van der Waals surface area contributed by atoms with Crippen molar-refractivity contribution in [1.82, 2.24) is 19.1 Å². The van der Waals surface area contributed by atoms with Crippen LogP contribution in [0.3, 0.4) is 0 Å². The molecule has 1 aliphatic heterocycles. The SMILES string of the molecule is C=CCn1c(SCc2ccccc2)nnc1-c1cccc(S(=O)(=O)N2CCOCC2)c1. The lowest BCUT2D eigenvalue weighted by atomic mass is 10.2. The minimum Gasteiger partial charge on any atom is -0.379 e. The van der Waals surface area contributed by atoms with Crippen molar-refractivity contribution in [2.75, 3.05) is 26.3 Å². The van der Waals surface area contributed by atoms with Crippen molar-refractivity contribution < 1.29 is 13.2 Å². The molecule has 0 bridgehead atoms. The molecule has 0 amide bonds. The molecule has 1 aromatic heterocycles. The first-order valence-electron chi connectivity index (χ1n) is 9.99. The van der Waals surface area contributed by atoms with Crippen LogP contribution in [0.4, 0.5) is 0 Å². The van der Waals surface area contributed by atoms with Gasteiger partial charge in [0, 0.05) is 31.0 Å². The molecule has 1 saturated heterocycles. The average molecular weight is 457 g/mol. The van der Waals surface area contributed by atoms with Gasteiger partial charge >= 0.3 is 0 Å². The van der Waals surface area contributed by atoms with E-state index in [1.807, 2.05) is 28.8 Å². The van der Waals surface area contributed by atoms with Gasteiger partial charge in [-0.1, -0.05) is 60.3 Å². The van der Waals surface area contributed by atoms with E-state index in [9.17, 15) is 8.42 Å². The molecule has 3 aromatic rings. The first-order chi connectivity index (χ1) is 15.1. The van der Waals surface area contributed by atoms with E-state index >= 15 is 0 Å². The Morgan fingerprint density at radius 1 is 1.06 bits per heavy atom. The predicted octanol–water partition coefficient (Wildman–Crippen LogP) is 3.44. The van der Waals surface area contributed by atoms with Crippen LogP contribution in [0.5, 0.6) is 0 Å². The van der Waals surface area contributed by atoms with Gasteiger partial charge < -0.3 is 4.74 Å². The van der Waals surface area contributed by atoms with Crippen molar-refractivity contribution >= 4 is 21.8 Å². The number of hydrogen-bond donors (Lipinski definition) is 0. The van der Waals surface area contributed by atoms with Crippen LogP contribution in [0.15, 0.2) is 77.3 Å². The second kappa shape index (κ2) is 9.78. The van der Waals surface area contributed by atoms with Crippen LogP contribution < -0.4 is 0 Å². The molecule has 1 aliphatic rings. The van der Waals surface area contributed by atoms with E-state index in [0.717, 1.165) is 10.9 Å². The van der Waals surface area contributed by atoms with E-state index in [1.165, 1.54) is 9.87 Å². The maximum atomic E-state index is 13.1. The molecular weight excluding hydrogens is 432 g/mol. The highest BCUT2D eigenvalue weighted by atomic mass is 32.2. The normalized spacial score (nSPS) is 15.1. The molecule has 1 fully saturated rings. The summed E-state index contributed by atoms with van der Waals surface area (Å²) in [5.41, 5.74) is 1.90. The lowest BCUT2D eigenvalue weighted by molar-refractivity contribution is 0.0730. The van der Waals surface area contributed by atoms with Gasteiger partial charge in [-0.25, -0.2) is 8.42 Å². The highest BCUT2D eigenvalue weighted by Crippen LogP contribution is 2.28. The Hall–Kier alpha value is -2.46. The smallest absolute Gasteiger partial charge is 0.243 e. The number of ether oxygens (including phenoxy) is 1. The topological polar surface area (TPSA) is 77.3 Å². The second-order valence-corrected chi connectivity index (χ2v) is 9.90. The van der Waals surface area contributed by atoms with Gasteiger partial charge in [0.1, 0.15) is 0 Å². The van der Waals surface area contributed by atoms with Gasteiger partial charge in [0.2, 0.25) is 10.0 Å². The molecule has 2 heterocycles. The fourth-order valence-corrected chi connectivity index (χ4v) is 5.71. The zero-order valence-corrected chi connectivity index (χ0v) is 18.7. The third-order valence-corrected chi connectivity index (χ3v) is 7.87. The van der Waals surface area contributed by atoms with Crippen LogP contribution in [0.25, 0.3) is 11.4 Å². The minimum atomic E-state index is -3.59. The summed E-state index contributed by atoms with van der Waals surface area (Å²) >= 11 is 1.59. The Morgan fingerprint density at radius 2 is 1.84 bits per heavy atom. The standard InChI is InChI=1S/C22H24N4O3S2/c1-2-11-26-21(23-24-22(26)30-17-18-7-4-3-5-8-18)19-9-6-10-20(16-19)31(27,28)25-12-14-29-15-13-25/h2-10,16H,1,11-15,17H2. The van der Waals surface area contributed by atoms with Crippen molar-refractivity contribution in [2.45, 2.75) is 22.3 Å². The molecule has 9 heteroatoms. The van der Waals surface area contributed by atoms with Gasteiger partial charge in [-0.15, -0.1) is 16.8 Å². The van der Waals surface area contributed by atoms with Crippen molar-refractivity contribution in [3.8, 4) is 11.4 Å². The molecule has 0 unspecified atom stereocenters. The monoisotopic (exact) mass is 456 g/mol. The lowest BCUT2D eigenvalue weighted by Gasteiger charge is -2.26. The van der Waals surface area contributed by atoms with Gasteiger partial charge in [0.25, 0.3) is 0 Å². The molecule has 0 aliphatic carbocycles. The maximum absolute atomic E-state index is 13.1. The summed E-state index contributed by atoms with van der Waals surface area (Å²) in [5.74, 6) is 1.39. The molecule has 2 aromatic carbocycles. The molecule has 31 heavy (non-hydrogen) atoms. The summed E-state index contributed by atoms with van der Waals surface area (Å²) in [7, 11) is -3.59. The molecule has 4 rings (SSSR count). The maximum Gasteiger partial charge on any atom is 0.243 e. The van der Waals surface area contributed by atoms with Gasteiger partial charge in [-0.3, -0.25) is 4.57 Å². The van der Waals surface area contributed by atoms with Crippen LogP contribution >= 0.6 is 11.8 Å². The summed E-state index contributed by atoms with van der Waals surface area (Å²) < 4.78 is 34.8. The lowest BCUT2D eigenvalue weighted by Crippen LogP contribution is -2.40. The van der Waals surface area contributed by atoms with E-state index in [4.69, 9.17) is 4.74 Å². The summed E-state index contributed by atoms with van der Waals surface area (Å²) in [6, 6.07) is 17.0. The summed E-state index contributed by atoms with van der Waals surface area (Å²) in [6.07, 6.45) is 1.79. The third-order valence-electron chi connectivity index (χ3n) is 4.94. The van der Waals surface area contributed by atoms with Crippen LogP contribution in [0.1, 0.15) is 5.56 Å². The largest absolute Gasteiger partial charge is 0.379 e. The average Bonchev–Trinajstić information content (AvgIpc) is 3.22. The van der Waals surface area contributed by atoms with Gasteiger partial charge in [-0.05, 0) is 17.7 Å². The van der Waals surface area contributed by atoms with Crippen molar-refractivity contribution in [3.63, 3.8) is 0 Å². The number of sulfonamides is 1. The van der Waals surface area contributed by atoms with Crippen LogP contribution in [-0.2, 0) is 27.1 Å². The fourth-order valence-electron chi connectivity index (χ4n) is 3.36. The van der Waals surface area contributed by atoms with Gasteiger partial charge in [0.15, 0.2) is 11.0 Å². The van der Waals surface area contributed by atoms with E-state index in [2.05, 4.69) is 28.9 Å². The number of rotatable bonds is 8. The van der Waals surface area contributed by atoms with Crippen molar-refractivity contribution in [2.24, 2.45) is 0 Å². The summed E-state index contributed by atoms with van der Waals surface area (Å²) in [4.78, 5) is 0.249. The highest BCUT2D eigenvalue weighted by molar-refractivity contribution is 7.98. The third kappa shape index (κ3) is 4.90. The van der Waals surface area contributed by atoms with Crippen LogP contribution in [0.2, 0.25) is 0 Å². The van der Waals surface area contributed by atoms with E-state index in [1.54, 1.807) is 36.0 Å². The quantitative estimate of drug-likeness (QED) is 0.382. The van der Waals surface area contributed by atoms with Gasteiger partial charge in [0.05, 0.1) is 18.1 Å². The summed E-state index contributed by atoms with van der Waals surface area (Å²) in [6.45, 7) is 5.92. The van der Waals surface area contributed by atoms with Gasteiger partial charge in [-0.2, -0.15) is 4.31 Å². The zero-order valence-electron chi connectivity index (χ0n) is 17.1. The number of morpholine rings is 1. The van der Waals surface area contributed by atoms with E-state index in [-0.39, 0.29) is 4.90 Å². The molecule has 0 radical (unpaired) electrons. The Labute approximate surface area is 186 Å². The summed E-state index contributed by atoms with van der Waals surface area (Å²) in [5, 5.41) is 9.49. The number of allylic oxidation sites excluding steroid dienone is 1. The van der Waals surface area contributed by atoms with Crippen LogP contribution in [0, 0.1) is 0 Å². The first-order valence-corrected chi connectivity index (χ1v) is 12.4. The second-order valence-electron chi connectivity index (χ2n) is 7.02. The molecule has 0 saturated carbocycles. The van der Waals surface area contributed by atoms with Crippen LogP contribution in [-0.4, -0.2) is 53.8 Å². The van der Waals surface area contributed by atoms with Crippen molar-refractivity contribution in [1.29, 1.82) is 0 Å². The molecule has 0 atom stereocenters. The zero-order chi connectivity index (χ0) is 21.7. The van der Waals surface area contributed by atoms with E-state index in [0.29, 0.717) is 44.2 Å². The minimum absolute atomic E-state index is 0.249. The number of aromatic nitrogens is 3. The van der Waals surface area contributed by atoms with Crippen molar-refractivity contribution in [3.05, 3.63) is 72.8 Å². The Kier molecular flexibility index (Phi) is 6.86. The molecular formula is C22H24N4O3S2. The molecule has 162 valence electrons. The number of nitrogens with zero attached hydrogens (tertiary/aromatic N) is 4. The Bertz CT molecular complexity index is 1140. The predicted molar refractivity (Wildman–Crippen MR) is 121 cm³/mol. The Morgan fingerprint density at radius 3 is 2.58 bits per heavy atom. The Balaban J connectivity index is 1.62. The number of benzene rings is 2. The van der Waals surface area contributed by atoms with E-state index < -0.39 is 10.0 Å². The molecule has 7 nitrogen and oxygen atoms in total. The molecule has 0 spiro atoms. The number of hydrogen-bond acceptors (Lipinski definition) is 6. The highest BCUT2D eigenvalue weighted by Gasteiger charge is 2.27. The first kappa shape index (κ1) is 21.8.